The number of rotatable bonds is 4. The molecule has 0 N–H and O–H groups in total. The Balaban J connectivity index is 1.74. The molecule has 0 fully saturated rings. The van der Waals surface area contributed by atoms with Gasteiger partial charge < -0.3 is 4.42 Å². The van der Waals surface area contributed by atoms with E-state index in [9.17, 15) is 8.78 Å². The van der Waals surface area contributed by atoms with Crippen molar-refractivity contribution in [3.05, 3.63) is 77.5 Å². The van der Waals surface area contributed by atoms with E-state index in [4.69, 9.17) is 9.40 Å². The molecule has 0 saturated carbocycles. The van der Waals surface area contributed by atoms with Crippen molar-refractivity contribution in [3.8, 4) is 11.3 Å². The largest absolute Gasteiger partial charge is 0.453 e. The summed E-state index contributed by atoms with van der Waals surface area (Å²) in [6.45, 7) is 8.61. The Hall–Kier alpha value is -3.27. The highest BCUT2D eigenvalue weighted by atomic mass is 19.3. The molecule has 0 aliphatic carbocycles. The molecule has 4 heteroatoms. The van der Waals surface area contributed by atoms with E-state index in [-0.39, 0.29) is 11.8 Å². The maximum Gasteiger partial charge on any atom is 0.239 e. The van der Waals surface area contributed by atoms with E-state index < -0.39 is 6.43 Å². The second-order valence-electron chi connectivity index (χ2n) is 9.79. The molecule has 168 valence electrons. The zero-order valence-electron chi connectivity index (χ0n) is 19.4. The average Bonchev–Trinajstić information content (AvgIpc) is 3.17. The summed E-state index contributed by atoms with van der Waals surface area (Å²) in [5, 5.41) is 4.39. The van der Waals surface area contributed by atoms with Gasteiger partial charge in [-0.05, 0) is 64.4 Å². The minimum Gasteiger partial charge on any atom is -0.453 e. The van der Waals surface area contributed by atoms with E-state index in [1.54, 1.807) is 0 Å². The molecule has 5 rings (SSSR count). The van der Waals surface area contributed by atoms with Crippen LogP contribution in [0.15, 0.2) is 65.2 Å². The number of pyridine rings is 1. The first-order valence-electron chi connectivity index (χ1n) is 11.4. The number of halogens is 2. The lowest BCUT2D eigenvalue weighted by Crippen LogP contribution is -2.12. The summed E-state index contributed by atoms with van der Waals surface area (Å²) in [5.41, 5.74) is 6.34. The molecule has 0 aliphatic heterocycles. The molecule has 0 unspecified atom stereocenters. The van der Waals surface area contributed by atoms with Crippen molar-refractivity contribution in [3.63, 3.8) is 0 Å². The number of fused-ring (bicyclic) bond motifs is 4. The van der Waals surface area contributed by atoms with E-state index in [0.717, 1.165) is 44.3 Å². The van der Waals surface area contributed by atoms with Crippen molar-refractivity contribution < 1.29 is 13.2 Å². The maximum absolute atomic E-state index is 12.8. The topological polar surface area (TPSA) is 26.0 Å². The molecule has 2 heterocycles. The van der Waals surface area contributed by atoms with Gasteiger partial charge in [0.15, 0.2) is 5.58 Å². The van der Waals surface area contributed by atoms with E-state index in [0.29, 0.717) is 6.42 Å². The Labute approximate surface area is 192 Å². The lowest BCUT2D eigenvalue weighted by molar-refractivity contribution is 0.138. The standard InChI is InChI=1S/C29H27F2NO/c1-17-18(10-12-25(30)31)9-11-22-23-13-14-32-26(28(23)33-27(17)22)20-15-19-7-5-6-8-21(19)24(16-20)29(2,3)4/h5-9,11,13-16,25H,10,12H2,1-4H3. The number of aryl methyl sites for hydroxylation is 2. The first kappa shape index (κ1) is 21.6. The lowest BCUT2D eigenvalue weighted by atomic mass is 9.82. The number of hydrogen-bond donors (Lipinski definition) is 0. The molecule has 0 atom stereocenters. The van der Waals surface area contributed by atoms with Gasteiger partial charge >= 0.3 is 0 Å². The molecule has 2 nitrogen and oxygen atoms in total. The number of benzene rings is 3. The highest BCUT2D eigenvalue weighted by molar-refractivity contribution is 6.10. The number of alkyl halides is 2. The molecule has 0 amide bonds. The highest BCUT2D eigenvalue weighted by Gasteiger charge is 2.21. The van der Waals surface area contributed by atoms with Gasteiger partial charge in [0.05, 0.1) is 0 Å². The normalized spacial score (nSPS) is 12.5. The number of nitrogens with zero attached hydrogens (tertiary/aromatic N) is 1. The predicted octanol–water partition coefficient (Wildman–Crippen LogP) is 8.60. The predicted molar refractivity (Wildman–Crippen MR) is 132 cm³/mol. The van der Waals surface area contributed by atoms with Gasteiger partial charge in [0.1, 0.15) is 11.3 Å². The fourth-order valence-electron chi connectivity index (χ4n) is 4.75. The van der Waals surface area contributed by atoms with Crippen LogP contribution < -0.4 is 0 Å². The van der Waals surface area contributed by atoms with E-state index >= 15 is 0 Å². The Morgan fingerprint density at radius 3 is 2.42 bits per heavy atom. The van der Waals surface area contributed by atoms with Crippen molar-refractivity contribution in [2.45, 2.75) is 52.4 Å². The fourth-order valence-corrected chi connectivity index (χ4v) is 4.75. The second kappa shape index (κ2) is 7.95. The van der Waals surface area contributed by atoms with Gasteiger partial charge in [-0.1, -0.05) is 57.2 Å². The third-order valence-electron chi connectivity index (χ3n) is 6.49. The molecular formula is C29H27F2NO. The van der Waals surface area contributed by atoms with Crippen molar-refractivity contribution in [1.29, 1.82) is 0 Å². The van der Waals surface area contributed by atoms with Gasteiger partial charge in [-0.3, -0.25) is 4.98 Å². The number of aromatic nitrogens is 1. The molecule has 0 spiro atoms. The van der Waals surface area contributed by atoms with Crippen molar-refractivity contribution in [2.75, 3.05) is 0 Å². The summed E-state index contributed by atoms with van der Waals surface area (Å²) >= 11 is 0. The molecule has 33 heavy (non-hydrogen) atoms. The first-order valence-corrected chi connectivity index (χ1v) is 11.4. The summed E-state index contributed by atoms with van der Waals surface area (Å²) in [6.07, 6.45) is -0.303. The Kier molecular flexibility index (Phi) is 5.19. The zero-order chi connectivity index (χ0) is 23.3. The van der Waals surface area contributed by atoms with Crippen LogP contribution in [-0.4, -0.2) is 11.4 Å². The third kappa shape index (κ3) is 3.78. The van der Waals surface area contributed by atoms with Crippen LogP contribution in [0.4, 0.5) is 8.78 Å². The van der Waals surface area contributed by atoms with Crippen LogP contribution in [0.1, 0.15) is 43.9 Å². The average molecular weight is 444 g/mol. The fraction of sp³-hybridized carbons (Fsp3) is 0.276. The van der Waals surface area contributed by atoms with Crippen LogP contribution >= 0.6 is 0 Å². The zero-order valence-corrected chi connectivity index (χ0v) is 19.4. The molecule has 3 aromatic carbocycles. The summed E-state index contributed by atoms with van der Waals surface area (Å²) in [4.78, 5) is 4.72. The van der Waals surface area contributed by atoms with Crippen molar-refractivity contribution in [2.24, 2.45) is 0 Å². The molecular weight excluding hydrogens is 416 g/mol. The van der Waals surface area contributed by atoms with Gasteiger partial charge in [0, 0.05) is 29.0 Å². The lowest BCUT2D eigenvalue weighted by Gasteiger charge is -2.22. The summed E-state index contributed by atoms with van der Waals surface area (Å²) in [6, 6.07) is 18.7. The highest BCUT2D eigenvalue weighted by Crippen LogP contribution is 2.39. The smallest absolute Gasteiger partial charge is 0.239 e. The van der Waals surface area contributed by atoms with Crippen LogP contribution in [0.5, 0.6) is 0 Å². The second-order valence-corrected chi connectivity index (χ2v) is 9.79. The molecule has 0 aliphatic rings. The summed E-state index contributed by atoms with van der Waals surface area (Å²) < 4.78 is 31.9. The molecule has 0 saturated heterocycles. The molecule has 5 aromatic rings. The Morgan fingerprint density at radius 2 is 1.67 bits per heavy atom. The minimum atomic E-state index is -2.31. The van der Waals surface area contributed by atoms with Gasteiger partial charge in [-0.15, -0.1) is 0 Å². The van der Waals surface area contributed by atoms with E-state index in [1.165, 1.54) is 16.3 Å². The maximum atomic E-state index is 12.8. The van der Waals surface area contributed by atoms with Crippen LogP contribution in [0.3, 0.4) is 0 Å². The van der Waals surface area contributed by atoms with Gasteiger partial charge in [-0.2, -0.15) is 0 Å². The molecule has 0 bridgehead atoms. The van der Waals surface area contributed by atoms with Gasteiger partial charge in [0.2, 0.25) is 6.43 Å². The van der Waals surface area contributed by atoms with Crippen LogP contribution in [-0.2, 0) is 11.8 Å². The quantitative estimate of drug-likeness (QED) is 0.278. The first-order chi connectivity index (χ1) is 15.7. The Morgan fingerprint density at radius 1 is 0.909 bits per heavy atom. The van der Waals surface area contributed by atoms with Crippen LogP contribution in [0.2, 0.25) is 0 Å². The SMILES string of the molecule is Cc1c(CCC(F)F)ccc2c1oc1c(-c3cc(C(C)(C)C)c4ccccc4c3)nccc12. The van der Waals surface area contributed by atoms with Crippen molar-refractivity contribution in [1.82, 2.24) is 4.98 Å². The third-order valence-corrected chi connectivity index (χ3v) is 6.49. The summed E-state index contributed by atoms with van der Waals surface area (Å²) in [5.74, 6) is 0. The summed E-state index contributed by atoms with van der Waals surface area (Å²) in [7, 11) is 0. The monoisotopic (exact) mass is 443 g/mol. The Bertz CT molecular complexity index is 1490. The minimum absolute atomic E-state index is 0.0342. The van der Waals surface area contributed by atoms with Crippen LogP contribution in [0, 0.1) is 6.92 Å². The van der Waals surface area contributed by atoms with E-state index in [1.807, 2.05) is 31.3 Å². The van der Waals surface area contributed by atoms with Crippen LogP contribution in [0.25, 0.3) is 44.0 Å². The number of furan rings is 1. The number of hydrogen-bond acceptors (Lipinski definition) is 2. The molecule has 2 aromatic heterocycles. The van der Waals surface area contributed by atoms with E-state index in [2.05, 4.69) is 57.2 Å². The van der Waals surface area contributed by atoms with Crippen molar-refractivity contribution >= 4 is 32.7 Å². The van der Waals surface area contributed by atoms with Gasteiger partial charge in [-0.25, -0.2) is 8.78 Å². The van der Waals surface area contributed by atoms with Gasteiger partial charge in [0.25, 0.3) is 0 Å². The molecule has 0 radical (unpaired) electrons.